The highest BCUT2D eigenvalue weighted by Gasteiger charge is 2.51. The van der Waals surface area contributed by atoms with E-state index in [1.54, 1.807) is 6.07 Å². The molecule has 6 aliphatic rings. The maximum atomic E-state index is 15.3. The zero-order valence-corrected chi connectivity index (χ0v) is 19.2. The van der Waals surface area contributed by atoms with Crippen LogP contribution in [0, 0.1) is 29.0 Å². The standard InChI is InChI=1S/C27H34FNO4/c28-22-11-24(33-15-27-12-16-7-17(13-27)9-18(8-16)14-27)20(19-4-5-19)10-21(22)25(30)29-6-2-1-3-23(29)26(31)32/h10-11,16-19,23H,1-9,12-15H2,(H,31,32)/t16?,17?,18?,23-,27?/m0/s1. The van der Waals surface area contributed by atoms with Gasteiger partial charge < -0.3 is 14.7 Å². The lowest BCUT2D eigenvalue weighted by atomic mass is 9.50. The second-order valence-electron chi connectivity index (χ2n) is 11.7. The van der Waals surface area contributed by atoms with E-state index in [9.17, 15) is 14.7 Å². The summed E-state index contributed by atoms with van der Waals surface area (Å²) in [4.78, 5) is 26.2. The van der Waals surface area contributed by atoms with Gasteiger partial charge in [-0.1, -0.05) is 0 Å². The van der Waals surface area contributed by atoms with Gasteiger partial charge in [0.2, 0.25) is 0 Å². The Hall–Kier alpha value is -2.11. The van der Waals surface area contributed by atoms with E-state index in [2.05, 4.69) is 0 Å². The van der Waals surface area contributed by atoms with Crippen molar-refractivity contribution >= 4 is 11.9 Å². The summed E-state index contributed by atoms with van der Waals surface area (Å²) < 4.78 is 21.6. The van der Waals surface area contributed by atoms with Crippen molar-refractivity contribution in [2.24, 2.45) is 23.2 Å². The lowest BCUT2D eigenvalue weighted by Gasteiger charge is -2.56. The first-order chi connectivity index (χ1) is 15.9. The number of hydrogen-bond donors (Lipinski definition) is 1. The minimum atomic E-state index is -1.01. The number of carboxylic acids is 1. The summed E-state index contributed by atoms with van der Waals surface area (Å²) in [5.41, 5.74) is 1.16. The molecule has 1 saturated heterocycles. The first-order valence-electron chi connectivity index (χ1n) is 12.9. The largest absolute Gasteiger partial charge is 0.493 e. The van der Waals surface area contributed by atoms with Gasteiger partial charge in [0.25, 0.3) is 5.91 Å². The van der Waals surface area contributed by atoms with E-state index >= 15 is 4.39 Å². The molecule has 1 N–H and O–H groups in total. The second kappa shape index (κ2) is 7.99. The van der Waals surface area contributed by atoms with Crippen LogP contribution in [0.25, 0.3) is 0 Å². The number of hydrogen-bond acceptors (Lipinski definition) is 3. The van der Waals surface area contributed by atoms with Crippen LogP contribution in [0.2, 0.25) is 0 Å². The van der Waals surface area contributed by atoms with Gasteiger partial charge in [-0.3, -0.25) is 4.79 Å². The zero-order valence-electron chi connectivity index (χ0n) is 19.2. The lowest BCUT2D eigenvalue weighted by Crippen LogP contribution is -2.48. The maximum absolute atomic E-state index is 15.3. The first kappa shape index (κ1) is 21.4. The molecule has 1 aromatic rings. The zero-order chi connectivity index (χ0) is 22.7. The summed E-state index contributed by atoms with van der Waals surface area (Å²) in [7, 11) is 0. The van der Waals surface area contributed by atoms with Crippen molar-refractivity contribution in [1.29, 1.82) is 0 Å². The molecule has 5 aliphatic carbocycles. The van der Waals surface area contributed by atoms with Gasteiger partial charge in [-0.15, -0.1) is 0 Å². The summed E-state index contributed by atoms with van der Waals surface area (Å²) in [6.07, 6.45) is 11.8. The normalized spacial score (nSPS) is 35.0. The van der Waals surface area contributed by atoms with Crippen molar-refractivity contribution < 1.29 is 23.8 Å². The van der Waals surface area contributed by atoms with Crippen LogP contribution in [0.4, 0.5) is 4.39 Å². The van der Waals surface area contributed by atoms with Gasteiger partial charge in [0, 0.05) is 18.0 Å². The van der Waals surface area contributed by atoms with Crippen LogP contribution in [-0.2, 0) is 4.79 Å². The fraction of sp³-hybridized carbons (Fsp3) is 0.704. The van der Waals surface area contributed by atoms with Gasteiger partial charge in [0.15, 0.2) is 0 Å². The molecule has 6 fully saturated rings. The molecule has 1 aliphatic heterocycles. The van der Waals surface area contributed by atoms with E-state index in [1.165, 1.54) is 49.5 Å². The second-order valence-corrected chi connectivity index (χ2v) is 11.7. The molecule has 5 saturated carbocycles. The predicted octanol–water partition coefficient (Wildman–Crippen LogP) is 5.38. The Morgan fingerprint density at radius 3 is 2.30 bits per heavy atom. The first-order valence-corrected chi connectivity index (χ1v) is 12.9. The highest BCUT2D eigenvalue weighted by atomic mass is 19.1. The molecule has 5 nitrogen and oxygen atoms in total. The van der Waals surface area contributed by atoms with Crippen LogP contribution in [0.5, 0.6) is 5.75 Å². The van der Waals surface area contributed by atoms with E-state index in [4.69, 9.17) is 4.74 Å². The third-order valence-electron chi connectivity index (χ3n) is 9.09. The van der Waals surface area contributed by atoms with Gasteiger partial charge in [0.05, 0.1) is 12.2 Å². The summed E-state index contributed by atoms with van der Waals surface area (Å²) >= 11 is 0. The number of carboxylic acid groups (broad SMARTS) is 1. The third-order valence-corrected chi connectivity index (χ3v) is 9.09. The average Bonchev–Trinajstić information content (AvgIpc) is 3.62. The molecular formula is C27H34FNO4. The van der Waals surface area contributed by atoms with Crippen molar-refractivity contribution in [3.8, 4) is 5.75 Å². The van der Waals surface area contributed by atoms with Crippen molar-refractivity contribution in [2.45, 2.75) is 82.6 Å². The Labute approximate surface area is 194 Å². The number of amides is 1. The minimum absolute atomic E-state index is 0.00722. The smallest absolute Gasteiger partial charge is 0.326 e. The predicted molar refractivity (Wildman–Crippen MR) is 121 cm³/mol. The number of likely N-dealkylation sites (tertiary alicyclic amines) is 1. The molecule has 0 unspecified atom stereocenters. The van der Waals surface area contributed by atoms with Gasteiger partial charge >= 0.3 is 5.97 Å². The lowest BCUT2D eigenvalue weighted by molar-refractivity contribution is -0.143. The summed E-state index contributed by atoms with van der Waals surface area (Å²) in [6, 6.07) is 2.20. The average molecular weight is 456 g/mol. The Kier molecular flexibility index (Phi) is 5.19. The van der Waals surface area contributed by atoms with Crippen molar-refractivity contribution in [1.82, 2.24) is 4.90 Å². The van der Waals surface area contributed by atoms with Crippen LogP contribution in [0.15, 0.2) is 12.1 Å². The van der Waals surface area contributed by atoms with Crippen molar-refractivity contribution in [2.75, 3.05) is 13.2 Å². The molecule has 1 heterocycles. The number of rotatable bonds is 6. The number of aliphatic carboxylic acids is 1. The highest BCUT2D eigenvalue weighted by molar-refractivity contribution is 5.97. The van der Waals surface area contributed by atoms with Gasteiger partial charge in [0.1, 0.15) is 17.6 Å². The quantitative estimate of drug-likeness (QED) is 0.626. The molecular weight excluding hydrogens is 421 g/mol. The topological polar surface area (TPSA) is 66.8 Å². The number of benzene rings is 1. The molecule has 1 aromatic carbocycles. The molecule has 0 spiro atoms. The van der Waals surface area contributed by atoms with E-state index in [1.807, 2.05) is 0 Å². The van der Waals surface area contributed by atoms with Crippen LogP contribution >= 0.6 is 0 Å². The number of carbonyl (C=O) groups is 2. The minimum Gasteiger partial charge on any atom is -0.493 e. The fourth-order valence-corrected chi connectivity index (χ4v) is 7.86. The maximum Gasteiger partial charge on any atom is 0.326 e. The summed E-state index contributed by atoms with van der Waals surface area (Å²) in [5, 5.41) is 9.55. The van der Waals surface area contributed by atoms with Crippen LogP contribution in [-0.4, -0.2) is 41.1 Å². The van der Waals surface area contributed by atoms with Crippen LogP contribution in [0.1, 0.15) is 92.5 Å². The van der Waals surface area contributed by atoms with Crippen molar-refractivity contribution in [3.05, 3.63) is 29.1 Å². The van der Waals surface area contributed by atoms with Gasteiger partial charge in [-0.05, 0) is 106 Å². The van der Waals surface area contributed by atoms with Crippen molar-refractivity contribution in [3.63, 3.8) is 0 Å². The Morgan fingerprint density at radius 1 is 1.03 bits per heavy atom. The number of ether oxygens (including phenoxy) is 1. The van der Waals surface area contributed by atoms with Gasteiger partial charge in [-0.25, -0.2) is 9.18 Å². The Balaban J connectivity index is 1.24. The Morgan fingerprint density at radius 2 is 1.70 bits per heavy atom. The van der Waals surface area contributed by atoms with E-state index in [0.717, 1.165) is 49.0 Å². The third kappa shape index (κ3) is 3.93. The molecule has 1 atom stereocenters. The molecule has 4 bridgehead atoms. The summed E-state index contributed by atoms with van der Waals surface area (Å²) in [6.45, 7) is 1.01. The number of piperidine rings is 1. The number of carbonyl (C=O) groups excluding carboxylic acids is 1. The SMILES string of the molecule is O=C(O)[C@@H]1CCCCN1C(=O)c1cc(C2CC2)c(OCC23CC4CC(CC(C4)C2)C3)cc1F. The molecule has 0 aromatic heterocycles. The molecule has 33 heavy (non-hydrogen) atoms. The molecule has 1 amide bonds. The molecule has 178 valence electrons. The van der Waals surface area contributed by atoms with Crippen LogP contribution in [0.3, 0.4) is 0 Å². The Bertz CT molecular complexity index is 936. The molecule has 6 heteroatoms. The number of nitrogens with zero attached hydrogens (tertiary/aromatic N) is 1. The monoisotopic (exact) mass is 455 g/mol. The van der Waals surface area contributed by atoms with Gasteiger partial charge in [-0.2, -0.15) is 0 Å². The van der Waals surface area contributed by atoms with Crippen LogP contribution < -0.4 is 4.74 Å². The molecule has 0 radical (unpaired) electrons. The van der Waals surface area contributed by atoms with E-state index in [0.29, 0.717) is 31.2 Å². The summed E-state index contributed by atoms with van der Waals surface area (Å²) in [5.74, 6) is 1.30. The highest BCUT2D eigenvalue weighted by Crippen LogP contribution is 2.60. The fourth-order valence-electron chi connectivity index (χ4n) is 7.86. The molecule has 7 rings (SSSR count). The van der Waals surface area contributed by atoms with E-state index in [-0.39, 0.29) is 11.0 Å². The van der Waals surface area contributed by atoms with E-state index < -0.39 is 23.7 Å². The number of halogens is 1.